The van der Waals surface area contributed by atoms with Gasteiger partial charge < -0.3 is 10.2 Å². The fourth-order valence-electron chi connectivity index (χ4n) is 4.75. The molecule has 0 saturated carbocycles. The van der Waals surface area contributed by atoms with Gasteiger partial charge in [0, 0.05) is 32.7 Å². The van der Waals surface area contributed by atoms with Crippen molar-refractivity contribution in [1.82, 2.24) is 15.1 Å². The van der Waals surface area contributed by atoms with Crippen LogP contribution in [-0.4, -0.2) is 47.3 Å². The molecule has 0 bridgehead atoms. The average Bonchev–Trinajstić information content (AvgIpc) is 2.81. The minimum Gasteiger partial charge on any atom is -0.353 e. The van der Waals surface area contributed by atoms with Crippen LogP contribution >= 0.6 is 0 Å². The maximum atomic E-state index is 13.1. The monoisotopic (exact) mass is 413 g/mol. The summed E-state index contributed by atoms with van der Waals surface area (Å²) in [4.78, 5) is 29.9. The van der Waals surface area contributed by atoms with E-state index in [1.165, 1.54) is 21.9 Å². The smallest absolute Gasteiger partial charge is 0.237 e. The van der Waals surface area contributed by atoms with Gasteiger partial charge >= 0.3 is 0 Å². The highest BCUT2D eigenvalue weighted by Gasteiger charge is 2.33. The normalized spacial score (nSPS) is 19.2. The van der Waals surface area contributed by atoms with E-state index in [0.29, 0.717) is 19.6 Å². The average molecular weight is 414 g/mol. The molecule has 1 atom stereocenters. The fourth-order valence-corrected chi connectivity index (χ4v) is 4.75. The van der Waals surface area contributed by atoms with Crippen LogP contribution in [0.1, 0.15) is 23.1 Å². The molecule has 2 amide bonds. The van der Waals surface area contributed by atoms with Crippen LogP contribution in [-0.2, 0) is 29.1 Å². The molecule has 0 unspecified atom stereocenters. The van der Waals surface area contributed by atoms with Crippen molar-refractivity contribution in [2.75, 3.05) is 19.6 Å². The Morgan fingerprint density at radius 1 is 0.935 bits per heavy atom. The summed E-state index contributed by atoms with van der Waals surface area (Å²) in [5.74, 6) is 0.0119. The van der Waals surface area contributed by atoms with Gasteiger partial charge in [0.1, 0.15) is 0 Å². The first-order valence-corrected chi connectivity index (χ1v) is 11.0. The quantitative estimate of drug-likeness (QED) is 0.715. The van der Waals surface area contributed by atoms with Gasteiger partial charge in [0.15, 0.2) is 0 Å². The summed E-state index contributed by atoms with van der Waals surface area (Å²) in [6.45, 7) is 3.38. The minimum absolute atomic E-state index is 0.0437. The lowest BCUT2D eigenvalue weighted by molar-refractivity contribution is -0.139. The molecule has 5 rings (SSSR count). The lowest BCUT2D eigenvalue weighted by atomic mass is 9.99. The van der Waals surface area contributed by atoms with Crippen LogP contribution in [0.2, 0.25) is 0 Å². The van der Waals surface area contributed by atoms with E-state index >= 15 is 0 Å². The van der Waals surface area contributed by atoms with Crippen LogP contribution in [0.15, 0.2) is 66.7 Å². The van der Waals surface area contributed by atoms with Gasteiger partial charge in [-0.05, 0) is 39.9 Å². The molecule has 3 aromatic carbocycles. The molecule has 1 saturated heterocycles. The number of amides is 2. The van der Waals surface area contributed by atoms with E-state index < -0.39 is 6.04 Å². The number of rotatable bonds is 4. The third-order valence-corrected chi connectivity index (χ3v) is 6.49. The number of nitrogens with zero attached hydrogens (tertiary/aromatic N) is 2. The molecule has 0 radical (unpaired) electrons. The number of hydrogen-bond acceptors (Lipinski definition) is 3. The largest absolute Gasteiger partial charge is 0.353 e. The molecule has 3 aromatic rings. The molecule has 5 heteroatoms. The fraction of sp³-hybridized carbons (Fsp3) is 0.308. The van der Waals surface area contributed by atoms with E-state index in [0.717, 1.165) is 25.1 Å². The number of hydrogen-bond donors (Lipinski definition) is 1. The Labute approximate surface area is 182 Å². The standard InChI is InChI=1S/C26H27N3O2/c30-25(29-13-11-21-6-2-4-8-23(21)18-29)16-24-26(31)27-12-14-28(24)17-19-9-10-20-5-1-3-7-22(20)15-19/h1-10,15,24H,11-14,16-18H2,(H,27,31)/t24-/m1/s1. The van der Waals surface area contributed by atoms with E-state index in [1.54, 1.807) is 0 Å². The second-order valence-corrected chi connectivity index (χ2v) is 8.50. The van der Waals surface area contributed by atoms with Crippen molar-refractivity contribution >= 4 is 22.6 Å². The van der Waals surface area contributed by atoms with E-state index in [9.17, 15) is 9.59 Å². The van der Waals surface area contributed by atoms with Crippen molar-refractivity contribution in [1.29, 1.82) is 0 Å². The molecule has 1 N–H and O–H groups in total. The Morgan fingerprint density at radius 2 is 1.71 bits per heavy atom. The summed E-state index contributed by atoms with van der Waals surface area (Å²) in [6.07, 6.45) is 1.10. The first kappa shape index (κ1) is 19.8. The van der Waals surface area contributed by atoms with Crippen molar-refractivity contribution in [2.45, 2.75) is 32.0 Å². The maximum absolute atomic E-state index is 13.1. The Kier molecular flexibility index (Phi) is 5.43. The maximum Gasteiger partial charge on any atom is 0.237 e. The first-order valence-electron chi connectivity index (χ1n) is 11.0. The van der Waals surface area contributed by atoms with Crippen molar-refractivity contribution in [2.24, 2.45) is 0 Å². The molecule has 2 heterocycles. The van der Waals surface area contributed by atoms with Gasteiger partial charge in [-0.15, -0.1) is 0 Å². The van der Waals surface area contributed by atoms with E-state index in [2.05, 4.69) is 52.7 Å². The molecule has 0 aromatic heterocycles. The van der Waals surface area contributed by atoms with Crippen molar-refractivity contribution in [3.8, 4) is 0 Å². The number of carbonyl (C=O) groups excluding carboxylic acids is 2. The molecule has 31 heavy (non-hydrogen) atoms. The van der Waals surface area contributed by atoms with Gasteiger partial charge in [0.2, 0.25) is 11.8 Å². The zero-order valence-electron chi connectivity index (χ0n) is 17.6. The summed E-state index contributed by atoms with van der Waals surface area (Å²) >= 11 is 0. The molecule has 5 nitrogen and oxygen atoms in total. The van der Waals surface area contributed by atoms with Crippen LogP contribution in [0, 0.1) is 0 Å². The SMILES string of the molecule is O=C1NCCN(Cc2ccc3ccccc3c2)[C@@H]1CC(=O)N1CCc2ccccc2C1. The van der Waals surface area contributed by atoms with Crippen molar-refractivity contribution in [3.63, 3.8) is 0 Å². The third kappa shape index (κ3) is 4.19. The lowest BCUT2D eigenvalue weighted by Gasteiger charge is -2.36. The van der Waals surface area contributed by atoms with Crippen LogP contribution in [0.3, 0.4) is 0 Å². The van der Waals surface area contributed by atoms with Gasteiger partial charge in [-0.3, -0.25) is 14.5 Å². The second kappa shape index (κ2) is 8.52. The van der Waals surface area contributed by atoms with Crippen molar-refractivity contribution in [3.05, 3.63) is 83.4 Å². The van der Waals surface area contributed by atoms with Gasteiger partial charge in [0.25, 0.3) is 0 Å². The van der Waals surface area contributed by atoms with Crippen LogP contribution in [0.25, 0.3) is 10.8 Å². The van der Waals surface area contributed by atoms with Crippen molar-refractivity contribution < 1.29 is 9.59 Å². The lowest BCUT2D eigenvalue weighted by Crippen LogP contribution is -2.56. The highest BCUT2D eigenvalue weighted by molar-refractivity contribution is 5.89. The molecule has 0 spiro atoms. The number of carbonyl (C=O) groups is 2. The topological polar surface area (TPSA) is 52.7 Å². The highest BCUT2D eigenvalue weighted by atomic mass is 16.2. The third-order valence-electron chi connectivity index (χ3n) is 6.49. The Bertz CT molecular complexity index is 1130. The van der Waals surface area contributed by atoms with Gasteiger partial charge in [-0.2, -0.15) is 0 Å². The minimum atomic E-state index is -0.426. The molecule has 2 aliphatic rings. The van der Waals surface area contributed by atoms with Gasteiger partial charge in [-0.25, -0.2) is 0 Å². The predicted octanol–water partition coefficient (Wildman–Crippen LogP) is 3.12. The second-order valence-electron chi connectivity index (χ2n) is 8.50. The Balaban J connectivity index is 1.30. The van der Waals surface area contributed by atoms with Gasteiger partial charge in [0.05, 0.1) is 12.5 Å². The zero-order valence-corrected chi connectivity index (χ0v) is 17.6. The summed E-state index contributed by atoms with van der Waals surface area (Å²) in [7, 11) is 0. The highest BCUT2D eigenvalue weighted by Crippen LogP contribution is 2.22. The number of fused-ring (bicyclic) bond motifs is 2. The summed E-state index contributed by atoms with van der Waals surface area (Å²) in [5, 5.41) is 5.35. The Morgan fingerprint density at radius 3 is 2.58 bits per heavy atom. The van der Waals surface area contributed by atoms with Crippen LogP contribution in [0.4, 0.5) is 0 Å². The molecule has 1 fully saturated rings. The summed E-state index contributed by atoms with van der Waals surface area (Å²) in [6, 6.07) is 22.6. The van der Waals surface area contributed by atoms with Crippen LogP contribution < -0.4 is 5.32 Å². The number of benzene rings is 3. The molecule has 158 valence electrons. The van der Waals surface area contributed by atoms with E-state index in [1.807, 2.05) is 29.2 Å². The van der Waals surface area contributed by atoms with E-state index in [4.69, 9.17) is 0 Å². The van der Waals surface area contributed by atoms with Gasteiger partial charge in [-0.1, -0.05) is 60.7 Å². The first-order chi connectivity index (χ1) is 15.2. The summed E-state index contributed by atoms with van der Waals surface area (Å²) in [5.41, 5.74) is 3.70. The molecular formula is C26H27N3O2. The predicted molar refractivity (Wildman–Crippen MR) is 121 cm³/mol. The number of piperazine rings is 1. The van der Waals surface area contributed by atoms with Crippen LogP contribution in [0.5, 0.6) is 0 Å². The zero-order chi connectivity index (χ0) is 21.2. The summed E-state index contributed by atoms with van der Waals surface area (Å²) < 4.78 is 0. The Hall–Kier alpha value is -3.18. The molecule has 0 aliphatic carbocycles. The van der Waals surface area contributed by atoms with E-state index in [-0.39, 0.29) is 18.2 Å². The molecular weight excluding hydrogens is 386 g/mol. The molecule has 2 aliphatic heterocycles. The number of nitrogens with one attached hydrogen (secondary N) is 1.